The smallest absolute Gasteiger partial charge is 0.137 e. The zero-order chi connectivity index (χ0) is 40.8. The maximum absolute atomic E-state index is 6.39. The lowest BCUT2D eigenvalue weighted by atomic mass is 9.67. The van der Waals surface area contributed by atoms with Gasteiger partial charge in [-0.25, -0.2) is 0 Å². The van der Waals surface area contributed by atoms with Gasteiger partial charge < -0.3 is 9.32 Å². The zero-order valence-corrected chi connectivity index (χ0v) is 34.4. The Morgan fingerprint density at radius 1 is 0.355 bits per heavy atom. The van der Waals surface area contributed by atoms with Gasteiger partial charge in [0, 0.05) is 54.1 Å². The molecule has 2 heterocycles. The molecule has 0 saturated heterocycles. The van der Waals surface area contributed by atoms with Gasteiger partial charge in [-0.15, -0.1) is 11.3 Å². The number of rotatable bonds is 6. The molecule has 12 aromatic rings. The second kappa shape index (κ2) is 13.7. The number of anilines is 3. The minimum absolute atomic E-state index is 0.546. The zero-order valence-electron chi connectivity index (χ0n) is 33.6. The number of hydrogen-bond donors (Lipinski definition) is 0. The molecule has 1 aliphatic rings. The molecule has 0 fully saturated rings. The van der Waals surface area contributed by atoms with E-state index < -0.39 is 5.41 Å². The van der Waals surface area contributed by atoms with Gasteiger partial charge in [-0.1, -0.05) is 152 Å². The average Bonchev–Trinajstić information content (AvgIpc) is 3.99. The second-order valence-electron chi connectivity index (χ2n) is 16.4. The maximum atomic E-state index is 6.39. The van der Waals surface area contributed by atoms with Gasteiger partial charge in [0.05, 0.1) is 5.41 Å². The van der Waals surface area contributed by atoms with E-state index in [1.165, 1.54) is 75.5 Å². The predicted octanol–water partition coefficient (Wildman–Crippen LogP) is 16.6. The highest BCUT2D eigenvalue weighted by Gasteiger charge is 2.46. The van der Waals surface area contributed by atoms with Gasteiger partial charge >= 0.3 is 0 Å². The monoisotopic (exact) mass is 807 g/mol. The predicted molar refractivity (Wildman–Crippen MR) is 262 cm³/mol. The summed E-state index contributed by atoms with van der Waals surface area (Å²) in [4.78, 5) is 2.34. The summed E-state index contributed by atoms with van der Waals surface area (Å²) < 4.78 is 8.91. The number of nitrogens with zero attached hydrogens (tertiary/aromatic N) is 1. The van der Waals surface area contributed by atoms with E-state index in [1.54, 1.807) is 0 Å². The van der Waals surface area contributed by atoms with Crippen molar-refractivity contribution in [1.29, 1.82) is 0 Å². The highest BCUT2D eigenvalue weighted by atomic mass is 32.1. The van der Waals surface area contributed by atoms with Crippen molar-refractivity contribution >= 4 is 81.3 Å². The molecule has 0 radical (unpaired) electrons. The minimum atomic E-state index is -0.546. The van der Waals surface area contributed by atoms with Crippen LogP contribution in [0.2, 0.25) is 0 Å². The molecule has 1 atom stereocenters. The van der Waals surface area contributed by atoms with Crippen LogP contribution in [0.15, 0.2) is 229 Å². The van der Waals surface area contributed by atoms with Crippen molar-refractivity contribution in [1.82, 2.24) is 0 Å². The SMILES string of the molecule is c1ccc(-c2cccc(C3(c4ccc5c(c4)sc4cc(N(c6ccccc6)c6ccc7c(c6)oc6ccccc67)ccc45)c4ccccc4-c4cc5ccccc5cc43)c2)cc1. The van der Waals surface area contributed by atoms with Crippen molar-refractivity contribution in [2.24, 2.45) is 0 Å². The standard InChI is InChI=1S/C59H37NOS/c1-3-14-38(15-4-1)39-18-13-19-42(32-39)59(53-24-11-9-22-47(53)52-33-40-16-7-8-17-41(40)34-54(52)59)43-26-29-50-51-31-28-46(37-58(51)62-57(50)35-43)60(44-20-5-2-6-21-44)45-27-30-49-48-23-10-12-25-55(48)61-56(49)36-45/h1-37H. The Bertz CT molecular complexity index is 3710. The Balaban J connectivity index is 1.02. The molecule has 2 aromatic heterocycles. The minimum Gasteiger partial charge on any atom is -0.456 e. The molecule has 290 valence electrons. The van der Waals surface area contributed by atoms with E-state index in [4.69, 9.17) is 4.42 Å². The van der Waals surface area contributed by atoms with Crippen LogP contribution < -0.4 is 4.90 Å². The van der Waals surface area contributed by atoms with Gasteiger partial charge in [0.15, 0.2) is 0 Å². The molecule has 0 aliphatic heterocycles. The quantitative estimate of drug-likeness (QED) is 0.166. The van der Waals surface area contributed by atoms with Crippen LogP contribution in [0.25, 0.3) is 75.1 Å². The van der Waals surface area contributed by atoms with Crippen LogP contribution in [0.3, 0.4) is 0 Å². The van der Waals surface area contributed by atoms with Crippen molar-refractivity contribution in [3.05, 3.63) is 247 Å². The first-order chi connectivity index (χ1) is 30.7. The maximum Gasteiger partial charge on any atom is 0.137 e. The van der Waals surface area contributed by atoms with E-state index in [9.17, 15) is 0 Å². The summed E-state index contributed by atoms with van der Waals surface area (Å²) in [5.74, 6) is 0. The molecule has 10 aromatic carbocycles. The van der Waals surface area contributed by atoms with E-state index in [2.05, 4.69) is 217 Å². The third-order valence-electron chi connectivity index (χ3n) is 13.1. The molecule has 0 N–H and O–H groups in total. The second-order valence-corrected chi connectivity index (χ2v) is 17.5. The summed E-state index contributed by atoms with van der Waals surface area (Å²) >= 11 is 1.88. The van der Waals surface area contributed by atoms with Crippen LogP contribution in [0.4, 0.5) is 17.1 Å². The van der Waals surface area contributed by atoms with E-state index >= 15 is 0 Å². The Kier molecular flexibility index (Phi) is 7.72. The summed E-state index contributed by atoms with van der Waals surface area (Å²) in [6.45, 7) is 0. The van der Waals surface area contributed by atoms with Gasteiger partial charge in [-0.2, -0.15) is 0 Å². The lowest BCUT2D eigenvalue weighted by Gasteiger charge is -2.34. The number of hydrogen-bond acceptors (Lipinski definition) is 3. The molecule has 2 nitrogen and oxygen atoms in total. The van der Waals surface area contributed by atoms with E-state index in [1.807, 2.05) is 23.5 Å². The first kappa shape index (κ1) is 35.1. The van der Waals surface area contributed by atoms with Crippen molar-refractivity contribution in [2.45, 2.75) is 5.41 Å². The van der Waals surface area contributed by atoms with Crippen LogP contribution in [-0.2, 0) is 5.41 Å². The van der Waals surface area contributed by atoms with Gasteiger partial charge in [0.25, 0.3) is 0 Å². The number of para-hydroxylation sites is 2. The molecule has 3 heteroatoms. The summed E-state index contributed by atoms with van der Waals surface area (Å²) in [6.07, 6.45) is 0. The number of thiophene rings is 1. The molecule has 1 aliphatic carbocycles. The lowest BCUT2D eigenvalue weighted by Crippen LogP contribution is -2.28. The first-order valence-electron chi connectivity index (χ1n) is 21.2. The van der Waals surface area contributed by atoms with Crippen molar-refractivity contribution in [3.8, 4) is 22.3 Å². The Hall–Kier alpha value is -7.72. The van der Waals surface area contributed by atoms with Crippen LogP contribution in [0.1, 0.15) is 22.3 Å². The van der Waals surface area contributed by atoms with Gasteiger partial charge in [-0.3, -0.25) is 0 Å². The van der Waals surface area contributed by atoms with Crippen LogP contribution >= 0.6 is 11.3 Å². The van der Waals surface area contributed by atoms with E-state index in [0.29, 0.717) is 0 Å². The van der Waals surface area contributed by atoms with Crippen LogP contribution in [0.5, 0.6) is 0 Å². The lowest BCUT2D eigenvalue weighted by molar-refractivity contribution is 0.669. The molecule has 62 heavy (non-hydrogen) atoms. The molecular formula is C59H37NOS. The summed E-state index contributed by atoms with van der Waals surface area (Å²) in [5.41, 5.74) is 14.7. The average molecular weight is 808 g/mol. The van der Waals surface area contributed by atoms with Crippen LogP contribution in [-0.4, -0.2) is 0 Å². The number of fused-ring (bicyclic) bond motifs is 10. The molecule has 0 spiro atoms. The fourth-order valence-electron chi connectivity index (χ4n) is 10.3. The third-order valence-corrected chi connectivity index (χ3v) is 14.2. The molecule has 0 saturated carbocycles. The summed E-state index contributed by atoms with van der Waals surface area (Å²) in [7, 11) is 0. The summed E-state index contributed by atoms with van der Waals surface area (Å²) in [5, 5.41) is 7.30. The Labute approximate surface area is 363 Å². The normalized spacial score (nSPS) is 14.5. The molecule has 1 unspecified atom stereocenters. The third kappa shape index (κ3) is 5.22. The van der Waals surface area contributed by atoms with Gasteiger partial charge in [0.2, 0.25) is 0 Å². The fourth-order valence-corrected chi connectivity index (χ4v) is 11.5. The van der Waals surface area contributed by atoms with Crippen molar-refractivity contribution in [3.63, 3.8) is 0 Å². The van der Waals surface area contributed by atoms with Crippen molar-refractivity contribution in [2.75, 3.05) is 4.90 Å². The summed E-state index contributed by atoms with van der Waals surface area (Å²) in [6, 6.07) is 82.5. The molecule has 0 bridgehead atoms. The fraction of sp³-hybridized carbons (Fsp3) is 0.0169. The first-order valence-corrected chi connectivity index (χ1v) is 22.0. The van der Waals surface area contributed by atoms with Crippen molar-refractivity contribution < 1.29 is 4.42 Å². The molecule has 0 amide bonds. The highest BCUT2D eigenvalue weighted by molar-refractivity contribution is 7.25. The van der Waals surface area contributed by atoms with E-state index in [0.717, 1.165) is 39.0 Å². The van der Waals surface area contributed by atoms with Crippen LogP contribution in [0, 0.1) is 0 Å². The largest absolute Gasteiger partial charge is 0.456 e. The van der Waals surface area contributed by atoms with Gasteiger partial charge in [-0.05, 0) is 122 Å². The number of furan rings is 1. The van der Waals surface area contributed by atoms with Gasteiger partial charge in [0.1, 0.15) is 11.2 Å². The molecule has 13 rings (SSSR count). The Morgan fingerprint density at radius 2 is 0.984 bits per heavy atom. The molecular weight excluding hydrogens is 771 g/mol. The number of benzene rings is 10. The highest BCUT2D eigenvalue weighted by Crippen LogP contribution is 2.58. The van der Waals surface area contributed by atoms with E-state index in [-0.39, 0.29) is 0 Å². The topological polar surface area (TPSA) is 16.4 Å². The Morgan fingerprint density at radius 3 is 1.84 bits per heavy atom.